The summed E-state index contributed by atoms with van der Waals surface area (Å²) in [5, 5.41) is 3.91. The van der Waals surface area contributed by atoms with Crippen LogP contribution < -0.4 is 5.73 Å². The summed E-state index contributed by atoms with van der Waals surface area (Å²) in [6.45, 7) is 0. The van der Waals surface area contributed by atoms with Gasteiger partial charge in [0, 0.05) is 6.26 Å². The van der Waals surface area contributed by atoms with E-state index < -0.39 is 9.84 Å². The zero-order valence-electron chi connectivity index (χ0n) is 10.1. The molecule has 100 valence electrons. The highest BCUT2D eigenvalue weighted by atomic mass is 32.2. The van der Waals surface area contributed by atoms with Crippen molar-refractivity contribution >= 4 is 27.0 Å². The van der Waals surface area contributed by atoms with Crippen LogP contribution in [0.15, 0.2) is 6.33 Å². The third-order valence-corrected chi connectivity index (χ3v) is 5.13. The van der Waals surface area contributed by atoms with Gasteiger partial charge in [-0.25, -0.2) is 18.1 Å². The smallest absolute Gasteiger partial charge is 0.208 e. The van der Waals surface area contributed by atoms with Crippen LogP contribution in [0, 0.1) is 0 Å². The standard InChI is InChI=1S/C10H16N4O2S2/c1-18(15,16)8-4-2-3-7(5-8)14-6-12-10(13-14)9(11)17/h6-8H,2-5H2,1H3,(H2,11,17). The quantitative estimate of drug-likeness (QED) is 0.812. The molecule has 0 aliphatic heterocycles. The number of sulfone groups is 1. The summed E-state index contributed by atoms with van der Waals surface area (Å²) < 4.78 is 24.9. The molecule has 0 radical (unpaired) electrons. The molecule has 18 heavy (non-hydrogen) atoms. The lowest BCUT2D eigenvalue weighted by molar-refractivity contribution is 0.328. The molecule has 0 amide bonds. The normalized spacial score (nSPS) is 24.9. The van der Waals surface area contributed by atoms with Crippen molar-refractivity contribution in [1.82, 2.24) is 14.8 Å². The molecule has 1 aliphatic carbocycles. The lowest BCUT2D eigenvalue weighted by Gasteiger charge is -2.27. The van der Waals surface area contributed by atoms with Gasteiger partial charge in [-0.2, -0.15) is 0 Å². The van der Waals surface area contributed by atoms with E-state index in [4.69, 9.17) is 18.0 Å². The van der Waals surface area contributed by atoms with E-state index in [1.165, 1.54) is 6.26 Å². The molecule has 1 aromatic rings. The zero-order valence-corrected chi connectivity index (χ0v) is 11.7. The minimum Gasteiger partial charge on any atom is -0.387 e. The van der Waals surface area contributed by atoms with E-state index in [1.807, 2.05) is 0 Å². The number of thiocarbonyl (C=S) groups is 1. The van der Waals surface area contributed by atoms with Gasteiger partial charge in [-0.05, 0) is 19.3 Å². The van der Waals surface area contributed by atoms with Gasteiger partial charge in [-0.15, -0.1) is 5.10 Å². The fourth-order valence-corrected chi connectivity index (χ4v) is 3.57. The average Bonchev–Trinajstić information content (AvgIpc) is 2.77. The van der Waals surface area contributed by atoms with E-state index >= 15 is 0 Å². The SMILES string of the molecule is CS(=O)(=O)C1CCCC(n2cnc(C(N)=S)n2)C1. The maximum absolute atomic E-state index is 11.6. The maximum Gasteiger partial charge on any atom is 0.208 e. The van der Waals surface area contributed by atoms with E-state index in [1.54, 1.807) is 11.0 Å². The molecule has 0 spiro atoms. The highest BCUT2D eigenvalue weighted by Gasteiger charge is 2.30. The second-order valence-electron chi connectivity index (χ2n) is 4.68. The first-order valence-corrected chi connectivity index (χ1v) is 8.14. The lowest BCUT2D eigenvalue weighted by Crippen LogP contribution is -2.29. The average molecular weight is 288 g/mol. The fourth-order valence-electron chi connectivity index (χ4n) is 2.31. The van der Waals surface area contributed by atoms with Crippen molar-refractivity contribution in [3.63, 3.8) is 0 Å². The summed E-state index contributed by atoms with van der Waals surface area (Å²) in [6.07, 6.45) is 5.97. The predicted octanol–water partition coefficient (Wildman–Crippen LogP) is 0.441. The molecule has 1 fully saturated rings. The molecule has 2 atom stereocenters. The zero-order chi connectivity index (χ0) is 13.3. The molecule has 2 unspecified atom stereocenters. The van der Waals surface area contributed by atoms with Gasteiger partial charge in [0.05, 0.1) is 11.3 Å². The minimum atomic E-state index is -2.99. The Morgan fingerprint density at radius 3 is 2.83 bits per heavy atom. The summed E-state index contributed by atoms with van der Waals surface area (Å²) in [7, 11) is -2.99. The third kappa shape index (κ3) is 2.86. The minimum absolute atomic E-state index is 0.0640. The van der Waals surface area contributed by atoms with Gasteiger partial charge >= 0.3 is 0 Å². The van der Waals surface area contributed by atoms with E-state index in [-0.39, 0.29) is 16.3 Å². The summed E-state index contributed by atoms with van der Waals surface area (Å²) in [6, 6.07) is 0.0640. The molecule has 0 bridgehead atoms. The highest BCUT2D eigenvalue weighted by molar-refractivity contribution is 7.91. The Kier molecular flexibility index (Phi) is 3.67. The Hall–Kier alpha value is -1.02. The number of hydrogen-bond acceptors (Lipinski definition) is 5. The molecule has 0 saturated heterocycles. The van der Waals surface area contributed by atoms with E-state index in [9.17, 15) is 8.42 Å². The van der Waals surface area contributed by atoms with Crippen molar-refractivity contribution in [1.29, 1.82) is 0 Å². The van der Waals surface area contributed by atoms with Gasteiger partial charge in [0.2, 0.25) is 5.82 Å². The van der Waals surface area contributed by atoms with Crippen molar-refractivity contribution in [2.24, 2.45) is 5.73 Å². The summed E-state index contributed by atoms with van der Waals surface area (Å²) in [5.74, 6) is 0.339. The molecule has 2 rings (SSSR count). The van der Waals surface area contributed by atoms with Gasteiger partial charge in [0.25, 0.3) is 0 Å². The molecular weight excluding hydrogens is 272 g/mol. The molecular formula is C10H16N4O2S2. The van der Waals surface area contributed by atoms with Crippen molar-refractivity contribution in [3.05, 3.63) is 12.2 Å². The maximum atomic E-state index is 11.6. The van der Waals surface area contributed by atoms with Crippen LogP contribution in [0.25, 0.3) is 0 Å². The summed E-state index contributed by atoms with van der Waals surface area (Å²) >= 11 is 4.80. The largest absolute Gasteiger partial charge is 0.387 e. The number of hydrogen-bond donors (Lipinski definition) is 1. The number of aromatic nitrogens is 3. The first-order valence-electron chi connectivity index (χ1n) is 5.77. The van der Waals surface area contributed by atoms with Crippen molar-refractivity contribution < 1.29 is 8.42 Å². The number of nitrogens with zero attached hydrogens (tertiary/aromatic N) is 3. The van der Waals surface area contributed by atoms with Crippen molar-refractivity contribution in [2.75, 3.05) is 6.26 Å². The van der Waals surface area contributed by atoms with Crippen LogP contribution in [-0.2, 0) is 9.84 Å². The van der Waals surface area contributed by atoms with Gasteiger partial charge in [0.15, 0.2) is 0 Å². The molecule has 1 aliphatic rings. The Bertz CT molecular complexity index is 552. The van der Waals surface area contributed by atoms with Crippen molar-refractivity contribution in [2.45, 2.75) is 37.0 Å². The van der Waals surface area contributed by atoms with Gasteiger partial charge < -0.3 is 5.73 Å². The third-order valence-electron chi connectivity index (χ3n) is 3.31. The van der Waals surface area contributed by atoms with Crippen LogP contribution in [0.1, 0.15) is 37.5 Å². The Labute approximate surface area is 111 Å². The van der Waals surface area contributed by atoms with Crippen LogP contribution in [0.3, 0.4) is 0 Å². The van der Waals surface area contributed by atoms with Crippen LogP contribution in [-0.4, -0.2) is 39.7 Å². The lowest BCUT2D eigenvalue weighted by atomic mass is 9.95. The Balaban J connectivity index is 2.15. The summed E-state index contributed by atoms with van der Waals surface area (Å²) in [5.41, 5.74) is 5.45. The van der Waals surface area contributed by atoms with Crippen LogP contribution in [0.2, 0.25) is 0 Å². The van der Waals surface area contributed by atoms with Crippen LogP contribution >= 0.6 is 12.2 Å². The first-order chi connectivity index (χ1) is 8.38. The van der Waals surface area contributed by atoms with Gasteiger partial charge in [-0.1, -0.05) is 18.6 Å². The molecule has 0 aromatic carbocycles. The molecule has 1 heterocycles. The monoisotopic (exact) mass is 288 g/mol. The van der Waals surface area contributed by atoms with E-state index in [2.05, 4.69) is 10.1 Å². The van der Waals surface area contributed by atoms with Crippen molar-refractivity contribution in [3.8, 4) is 0 Å². The first kappa shape index (κ1) is 13.4. The molecule has 1 saturated carbocycles. The second-order valence-corrected chi connectivity index (χ2v) is 7.45. The van der Waals surface area contributed by atoms with Crippen LogP contribution in [0.4, 0.5) is 0 Å². The second kappa shape index (κ2) is 4.93. The van der Waals surface area contributed by atoms with E-state index in [0.717, 1.165) is 19.3 Å². The molecule has 2 N–H and O–H groups in total. The van der Waals surface area contributed by atoms with Gasteiger partial charge in [0.1, 0.15) is 21.2 Å². The van der Waals surface area contributed by atoms with E-state index in [0.29, 0.717) is 12.2 Å². The number of rotatable bonds is 3. The number of nitrogens with two attached hydrogens (primary N) is 1. The Morgan fingerprint density at radius 2 is 2.28 bits per heavy atom. The topological polar surface area (TPSA) is 90.9 Å². The molecule has 1 aromatic heterocycles. The predicted molar refractivity (Wildman–Crippen MR) is 72.0 cm³/mol. The Morgan fingerprint density at radius 1 is 1.56 bits per heavy atom. The summed E-state index contributed by atoms with van der Waals surface area (Å²) in [4.78, 5) is 4.17. The van der Waals surface area contributed by atoms with Crippen LogP contribution in [0.5, 0.6) is 0 Å². The molecule has 8 heteroatoms. The fraction of sp³-hybridized carbons (Fsp3) is 0.700. The highest BCUT2D eigenvalue weighted by Crippen LogP contribution is 2.31. The molecule has 6 nitrogen and oxygen atoms in total. The van der Waals surface area contributed by atoms with Gasteiger partial charge in [-0.3, -0.25) is 0 Å².